The van der Waals surface area contributed by atoms with E-state index in [1.165, 1.54) is 6.33 Å². The molecule has 2 N–H and O–H groups in total. The second kappa shape index (κ2) is 20.7. The van der Waals surface area contributed by atoms with E-state index >= 15 is 0 Å². The summed E-state index contributed by atoms with van der Waals surface area (Å²) in [6.07, 6.45) is 7.22. The topological polar surface area (TPSA) is 204 Å². The van der Waals surface area contributed by atoms with Crippen LogP contribution in [0.15, 0.2) is 71.9 Å². The van der Waals surface area contributed by atoms with E-state index in [4.69, 9.17) is 9.72 Å². The van der Waals surface area contributed by atoms with Crippen molar-refractivity contribution in [3.8, 4) is 5.75 Å². The van der Waals surface area contributed by atoms with Crippen LogP contribution < -0.4 is 20.3 Å². The number of piperazine rings is 1. The van der Waals surface area contributed by atoms with E-state index in [0.717, 1.165) is 93.3 Å². The number of hydrogen-bond donors (Lipinski definition) is 2. The second-order valence-electron chi connectivity index (χ2n) is 17.9. The van der Waals surface area contributed by atoms with Crippen LogP contribution in [0.1, 0.15) is 109 Å². The van der Waals surface area contributed by atoms with Crippen LogP contribution in [-0.4, -0.2) is 138 Å². The van der Waals surface area contributed by atoms with Crippen LogP contribution in [0.25, 0.3) is 0 Å². The van der Waals surface area contributed by atoms with E-state index in [-0.39, 0.29) is 36.3 Å². The number of fused-ring (bicyclic) bond motifs is 1. The zero-order valence-corrected chi connectivity index (χ0v) is 39.2. The molecule has 4 aromatic rings. The number of rotatable bonds is 17. The summed E-state index contributed by atoms with van der Waals surface area (Å²) in [7, 11) is -1.81. The van der Waals surface area contributed by atoms with Crippen molar-refractivity contribution >= 4 is 50.7 Å². The quantitative estimate of drug-likeness (QED) is 0.111. The first kappa shape index (κ1) is 47.2. The lowest BCUT2D eigenvalue weighted by Gasteiger charge is -2.43. The standard InChI is InChI=1S/C49H59N9O8S/c1-32(2)67(64,65)41-13-7-6-10-34(41)29-43-52-31-51-42(53-43)28-33-15-16-36(30-40(33)66-3)55-22-19-35(20-23-55)56-24-26-57(27-25-56)45(60)14-5-4-8-21-50-38-12-9-11-37-46(38)49(63)58(48(37)62)39-17-18-44(59)54-47(39)61/h6-7,9-13,15-16,30-32,35,39,50H,4-5,8,14,17-29H2,1-3H3,(H,54,59,61). The molecule has 4 aliphatic rings. The number of ether oxygens (including phenoxy) is 1. The summed E-state index contributed by atoms with van der Waals surface area (Å²) in [5.74, 6) is -0.121. The minimum Gasteiger partial charge on any atom is -0.496 e. The van der Waals surface area contributed by atoms with Crippen LogP contribution in [0, 0.1) is 0 Å². The first-order valence-electron chi connectivity index (χ1n) is 23.3. The van der Waals surface area contributed by atoms with Gasteiger partial charge in [-0.1, -0.05) is 36.8 Å². The Hall–Kier alpha value is -6.27. The number of hydrogen-bond acceptors (Lipinski definition) is 14. The minimum absolute atomic E-state index is 0.0661. The number of sulfone groups is 1. The second-order valence-corrected chi connectivity index (χ2v) is 20.4. The van der Waals surface area contributed by atoms with Gasteiger partial charge in [-0.05, 0) is 75.8 Å². The Morgan fingerprint density at radius 3 is 2.28 bits per heavy atom. The lowest BCUT2D eigenvalue weighted by molar-refractivity contribution is -0.136. The number of piperidine rings is 2. The van der Waals surface area contributed by atoms with E-state index in [9.17, 15) is 32.4 Å². The van der Waals surface area contributed by atoms with Gasteiger partial charge in [0, 0.05) is 101 Å². The number of carbonyl (C=O) groups excluding carboxylic acids is 5. The molecule has 354 valence electrons. The first-order valence-corrected chi connectivity index (χ1v) is 24.9. The highest BCUT2D eigenvalue weighted by Gasteiger charge is 2.45. The van der Waals surface area contributed by atoms with E-state index in [1.54, 1.807) is 57.4 Å². The molecule has 1 unspecified atom stereocenters. The van der Waals surface area contributed by atoms with Crippen molar-refractivity contribution in [2.45, 2.75) is 100 Å². The van der Waals surface area contributed by atoms with Gasteiger partial charge in [0.2, 0.25) is 17.7 Å². The summed E-state index contributed by atoms with van der Waals surface area (Å²) >= 11 is 0. The summed E-state index contributed by atoms with van der Waals surface area (Å²) in [4.78, 5) is 85.4. The Balaban J connectivity index is 0.748. The molecule has 1 aromatic heterocycles. The zero-order chi connectivity index (χ0) is 47.2. The Morgan fingerprint density at radius 2 is 1.57 bits per heavy atom. The molecule has 3 aromatic carbocycles. The monoisotopic (exact) mass is 933 g/mol. The Bertz CT molecular complexity index is 2630. The number of amides is 5. The minimum atomic E-state index is -3.47. The third kappa shape index (κ3) is 10.5. The maximum atomic E-state index is 13.4. The molecule has 18 heteroatoms. The van der Waals surface area contributed by atoms with E-state index in [2.05, 4.69) is 48.6 Å². The van der Waals surface area contributed by atoms with Crippen LogP contribution in [0.5, 0.6) is 5.75 Å². The summed E-state index contributed by atoms with van der Waals surface area (Å²) in [6, 6.07) is 17.7. The number of carbonyl (C=O) groups is 5. The van der Waals surface area contributed by atoms with Gasteiger partial charge in [-0.3, -0.25) is 39.1 Å². The Kier molecular flexibility index (Phi) is 14.6. The summed E-state index contributed by atoms with van der Waals surface area (Å²) in [5, 5.41) is 4.97. The Labute approximate surface area is 391 Å². The molecule has 4 aliphatic heterocycles. The fourth-order valence-corrected chi connectivity index (χ4v) is 10.9. The van der Waals surface area contributed by atoms with E-state index < -0.39 is 44.8 Å². The molecule has 67 heavy (non-hydrogen) atoms. The van der Waals surface area contributed by atoms with Crippen molar-refractivity contribution < 1.29 is 37.1 Å². The highest BCUT2D eigenvalue weighted by molar-refractivity contribution is 7.92. The lowest BCUT2D eigenvalue weighted by atomic mass is 10.0. The number of unbranched alkanes of at least 4 members (excludes halogenated alkanes) is 2. The molecular formula is C49H59N9O8S. The van der Waals surface area contributed by atoms with Crippen molar-refractivity contribution in [2.75, 3.05) is 63.1 Å². The highest BCUT2D eigenvalue weighted by Crippen LogP contribution is 2.33. The van der Waals surface area contributed by atoms with Crippen LogP contribution >= 0.6 is 0 Å². The average molecular weight is 934 g/mol. The molecule has 0 saturated carbocycles. The molecule has 0 aliphatic carbocycles. The number of nitrogens with one attached hydrogen (secondary N) is 2. The van der Waals surface area contributed by atoms with Crippen molar-refractivity contribution in [3.63, 3.8) is 0 Å². The number of benzene rings is 3. The summed E-state index contributed by atoms with van der Waals surface area (Å²) in [6.45, 7) is 8.88. The van der Waals surface area contributed by atoms with Gasteiger partial charge in [0.25, 0.3) is 11.8 Å². The largest absolute Gasteiger partial charge is 0.496 e. The fraction of sp³-hybridized carbons (Fsp3) is 0.469. The van der Waals surface area contributed by atoms with Gasteiger partial charge in [-0.2, -0.15) is 0 Å². The predicted octanol–water partition coefficient (Wildman–Crippen LogP) is 4.43. The first-order chi connectivity index (χ1) is 32.3. The molecular weight excluding hydrogens is 875 g/mol. The van der Waals surface area contributed by atoms with Gasteiger partial charge >= 0.3 is 0 Å². The SMILES string of the molecule is COc1cc(N2CCC(N3CCN(C(=O)CCCCCNc4cccc5c4C(=O)N(C4CCC(=O)NC4=O)C5=O)CC3)CC2)ccc1Cc1ncnc(Cc2ccccc2S(=O)(=O)C(C)C)n1. The molecule has 3 saturated heterocycles. The normalized spacial score (nSPS) is 18.4. The molecule has 5 amide bonds. The number of nitrogens with zero attached hydrogens (tertiary/aromatic N) is 7. The number of anilines is 2. The molecule has 0 radical (unpaired) electrons. The maximum absolute atomic E-state index is 13.4. The Morgan fingerprint density at radius 1 is 0.836 bits per heavy atom. The van der Waals surface area contributed by atoms with Crippen LogP contribution in [0.2, 0.25) is 0 Å². The van der Waals surface area contributed by atoms with Crippen LogP contribution in [0.3, 0.4) is 0 Å². The van der Waals surface area contributed by atoms with Crippen molar-refractivity contribution in [2.24, 2.45) is 0 Å². The van der Waals surface area contributed by atoms with Gasteiger partial charge in [0.1, 0.15) is 29.8 Å². The molecule has 3 fully saturated rings. The molecule has 1 atom stereocenters. The number of imide groups is 2. The van der Waals surface area contributed by atoms with E-state index in [1.807, 2.05) is 11.0 Å². The van der Waals surface area contributed by atoms with Crippen molar-refractivity contribution in [1.82, 2.24) is 35.0 Å². The maximum Gasteiger partial charge on any atom is 0.264 e. The van der Waals surface area contributed by atoms with Crippen molar-refractivity contribution in [3.05, 3.63) is 101 Å². The molecule has 17 nitrogen and oxygen atoms in total. The van der Waals surface area contributed by atoms with Crippen molar-refractivity contribution in [1.29, 1.82) is 0 Å². The van der Waals surface area contributed by atoms with Gasteiger partial charge in [-0.25, -0.2) is 23.4 Å². The zero-order valence-electron chi connectivity index (χ0n) is 38.4. The summed E-state index contributed by atoms with van der Waals surface area (Å²) in [5.41, 5.74) is 3.71. The van der Waals surface area contributed by atoms with Crippen LogP contribution in [-0.2, 0) is 37.1 Å². The predicted molar refractivity (Wildman–Crippen MR) is 251 cm³/mol. The average Bonchev–Trinajstić information content (AvgIpc) is 3.59. The molecule has 0 spiro atoms. The highest BCUT2D eigenvalue weighted by atomic mass is 32.2. The van der Waals surface area contributed by atoms with Gasteiger partial charge < -0.3 is 19.9 Å². The molecule has 8 rings (SSSR count). The van der Waals surface area contributed by atoms with E-state index in [0.29, 0.717) is 53.2 Å². The molecule has 0 bridgehead atoms. The fourth-order valence-electron chi connectivity index (χ4n) is 9.58. The number of aromatic nitrogens is 3. The van der Waals surface area contributed by atoms with Crippen LogP contribution in [0.4, 0.5) is 11.4 Å². The summed E-state index contributed by atoms with van der Waals surface area (Å²) < 4.78 is 31.9. The smallest absolute Gasteiger partial charge is 0.264 e. The van der Waals surface area contributed by atoms with Gasteiger partial charge in [0.15, 0.2) is 9.84 Å². The molecule has 5 heterocycles. The lowest BCUT2D eigenvalue weighted by Crippen LogP contribution is -2.54. The number of methoxy groups -OCH3 is 1. The third-order valence-corrected chi connectivity index (χ3v) is 15.7. The third-order valence-electron chi connectivity index (χ3n) is 13.4. The van der Waals surface area contributed by atoms with Gasteiger partial charge in [-0.15, -0.1) is 0 Å². The van der Waals surface area contributed by atoms with Gasteiger partial charge in [0.05, 0.1) is 28.4 Å².